The first-order valence-corrected chi connectivity index (χ1v) is 18.4. The summed E-state index contributed by atoms with van der Waals surface area (Å²) in [6, 6.07) is 17.2. The second kappa shape index (κ2) is 33.3. The van der Waals surface area contributed by atoms with Gasteiger partial charge in [-0.05, 0) is 19.3 Å². The summed E-state index contributed by atoms with van der Waals surface area (Å²) >= 11 is 0. The van der Waals surface area contributed by atoms with Crippen LogP contribution in [0.25, 0.3) is 0 Å². The summed E-state index contributed by atoms with van der Waals surface area (Å²) in [6.07, 6.45) is 35.7. The van der Waals surface area contributed by atoms with E-state index in [-0.39, 0.29) is 24.8 Å². The lowest BCUT2D eigenvalue weighted by atomic mass is 10.1. The molecular formula is C40H72Cl2N2. The molecule has 44 heavy (non-hydrogen) atoms. The number of benzene rings is 1. The third-order valence-electron chi connectivity index (χ3n) is 8.62. The van der Waals surface area contributed by atoms with Crippen LogP contribution in [0.15, 0.2) is 60.9 Å². The summed E-state index contributed by atoms with van der Waals surface area (Å²) in [5.41, 5.74) is 1.46. The molecular weight excluding hydrogens is 579 g/mol. The highest BCUT2D eigenvalue weighted by Gasteiger charge is 2.14. The average molecular weight is 652 g/mol. The van der Waals surface area contributed by atoms with Crippen molar-refractivity contribution in [2.45, 2.75) is 168 Å². The molecule has 0 unspecified atom stereocenters. The van der Waals surface area contributed by atoms with E-state index in [1.165, 1.54) is 160 Å². The molecule has 0 spiro atoms. The Morgan fingerprint density at radius 1 is 0.455 bits per heavy atom. The lowest BCUT2D eigenvalue weighted by Gasteiger charge is -2.30. The molecule has 0 N–H and O–H groups in total. The van der Waals surface area contributed by atoms with Crippen LogP contribution in [0.2, 0.25) is 0 Å². The van der Waals surface area contributed by atoms with Gasteiger partial charge in [0.25, 0.3) is 0 Å². The van der Waals surface area contributed by atoms with Crippen LogP contribution in [-0.2, 0) is 13.1 Å². The summed E-state index contributed by atoms with van der Waals surface area (Å²) in [6.45, 7) is 8.20. The van der Waals surface area contributed by atoms with Crippen molar-refractivity contribution in [3.63, 3.8) is 0 Å². The zero-order valence-electron chi connectivity index (χ0n) is 29.6. The number of pyridine rings is 1. The van der Waals surface area contributed by atoms with Crippen molar-refractivity contribution in [1.82, 2.24) is 0 Å². The molecule has 0 fully saturated rings. The summed E-state index contributed by atoms with van der Waals surface area (Å²) < 4.78 is 3.40. The number of quaternary nitrogens is 1. The maximum absolute atomic E-state index is 2.37. The molecule has 2 rings (SSSR count). The van der Waals surface area contributed by atoms with E-state index in [0.717, 1.165) is 11.0 Å². The minimum atomic E-state index is 0. The number of hydrogen-bond donors (Lipinski definition) is 0. The predicted molar refractivity (Wildman–Crippen MR) is 187 cm³/mol. The van der Waals surface area contributed by atoms with E-state index in [0.29, 0.717) is 0 Å². The van der Waals surface area contributed by atoms with Crippen LogP contribution in [0.1, 0.15) is 161 Å². The van der Waals surface area contributed by atoms with Gasteiger partial charge in [-0.15, -0.1) is 0 Å². The van der Waals surface area contributed by atoms with Gasteiger partial charge in [0.1, 0.15) is 13.1 Å². The normalized spacial score (nSPS) is 10.8. The number of rotatable bonds is 26. The van der Waals surface area contributed by atoms with Gasteiger partial charge >= 0.3 is 0 Å². The molecule has 0 bridgehead atoms. The van der Waals surface area contributed by atoms with Gasteiger partial charge in [-0.1, -0.05) is 166 Å². The quantitative estimate of drug-likeness (QED) is 0.0682. The van der Waals surface area contributed by atoms with E-state index >= 15 is 0 Å². The van der Waals surface area contributed by atoms with Crippen LogP contribution in [0.4, 0.5) is 0 Å². The smallest absolute Gasteiger partial charge is 0.168 e. The second-order valence-electron chi connectivity index (χ2n) is 13.5. The Bertz CT molecular complexity index is 798. The summed E-state index contributed by atoms with van der Waals surface area (Å²) in [5, 5.41) is 0. The minimum Gasteiger partial charge on any atom is -1.00 e. The lowest BCUT2D eigenvalue weighted by molar-refractivity contribution is -0.903. The lowest BCUT2D eigenvalue weighted by Crippen LogP contribution is -3.00. The van der Waals surface area contributed by atoms with Gasteiger partial charge < -0.3 is 29.3 Å². The highest BCUT2D eigenvalue weighted by molar-refractivity contribution is 5.13. The molecule has 0 saturated carbocycles. The van der Waals surface area contributed by atoms with Gasteiger partial charge in [0.2, 0.25) is 0 Å². The number of aromatic nitrogens is 1. The highest BCUT2D eigenvalue weighted by Crippen LogP contribution is 2.15. The second-order valence-corrected chi connectivity index (χ2v) is 13.5. The van der Waals surface area contributed by atoms with Crippen molar-refractivity contribution >= 4 is 0 Å². The van der Waals surface area contributed by atoms with E-state index in [1.807, 2.05) is 0 Å². The average Bonchev–Trinajstić information content (AvgIpc) is 3.00. The van der Waals surface area contributed by atoms with Crippen LogP contribution in [-0.4, -0.2) is 25.1 Å². The Balaban J connectivity index is 0. The van der Waals surface area contributed by atoms with Crippen LogP contribution >= 0.6 is 0 Å². The summed E-state index contributed by atoms with van der Waals surface area (Å²) in [7, 11) is 4.73. The van der Waals surface area contributed by atoms with Crippen molar-refractivity contribution in [2.24, 2.45) is 0 Å². The Morgan fingerprint density at radius 2 is 0.818 bits per heavy atom. The van der Waals surface area contributed by atoms with Crippen molar-refractivity contribution < 1.29 is 33.9 Å². The standard InChI is InChI=1S/C23H42N.C17H30N.2ClH/c1-4-5-6-7-8-9-10-11-12-13-14-18-21-24(2,3)22-23-19-16-15-17-20-23;1-2-3-4-5-6-7-8-9-10-12-15-18-16-13-11-14-17-18;;/h15-17,19-20H,4-14,18,21-22H2,1-3H3;11,13-14,16-17H,2-10,12,15H2,1H3;2*1H/q2*+1;;/p-2. The first-order valence-electron chi connectivity index (χ1n) is 18.4. The highest BCUT2D eigenvalue weighted by atomic mass is 35.5. The van der Waals surface area contributed by atoms with Crippen molar-refractivity contribution in [3.8, 4) is 0 Å². The fraction of sp³-hybridized carbons (Fsp3) is 0.725. The minimum absolute atomic E-state index is 0. The molecule has 0 amide bonds. The first-order chi connectivity index (χ1) is 20.6. The monoisotopic (exact) mass is 651 g/mol. The topological polar surface area (TPSA) is 3.88 Å². The largest absolute Gasteiger partial charge is 1.00 e. The Kier molecular flexibility index (Phi) is 34.1. The molecule has 256 valence electrons. The van der Waals surface area contributed by atoms with Gasteiger partial charge in [0, 0.05) is 24.1 Å². The van der Waals surface area contributed by atoms with E-state index in [1.54, 1.807) is 0 Å². The zero-order chi connectivity index (χ0) is 30.4. The maximum Gasteiger partial charge on any atom is 0.168 e. The number of unbranched alkanes of at least 4 members (excludes halogenated alkanes) is 20. The van der Waals surface area contributed by atoms with Crippen molar-refractivity contribution in [3.05, 3.63) is 66.5 Å². The Morgan fingerprint density at radius 3 is 1.25 bits per heavy atom. The van der Waals surface area contributed by atoms with Gasteiger partial charge in [0.15, 0.2) is 12.4 Å². The number of hydrogen-bond acceptors (Lipinski definition) is 0. The molecule has 0 aliphatic rings. The number of halogens is 2. The molecule has 2 aromatic rings. The number of nitrogens with zero attached hydrogens (tertiary/aromatic N) is 2. The van der Waals surface area contributed by atoms with Crippen molar-refractivity contribution in [1.29, 1.82) is 0 Å². The molecule has 0 atom stereocenters. The van der Waals surface area contributed by atoms with Crippen LogP contribution in [0, 0.1) is 0 Å². The molecule has 0 radical (unpaired) electrons. The van der Waals surface area contributed by atoms with E-state index in [4.69, 9.17) is 0 Å². The first kappa shape index (κ1) is 45.0. The molecule has 0 aliphatic carbocycles. The van der Waals surface area contributed by atoms with Crippen LogP contribution < -0.4 is 29.4 Å². The van der Waals surface area contributed by atoms with E-state index < -0.39 is 0 Å². The summed E-state index contributed by atoms with van der Waals surface area (Å²) in [4.78, 5) is 0. The fourth-order valence-corrected chi connectivity index (χ4v) is 5.90. The van der Waals surface area contributed by atoms with E-state index in [9.17, 15) is 0 Å². The Labute approximate surface area is 288 Å². The van der Waals surface area contributed by atoms with Gasteiger partial charge in [-0.2, -0.15) is 0 Å². The molecule has 1 heterocycles. The molecule has 2 nitrogen and oxygen atoms in total. The van der Waals surface area contributed by atoms with Gasteiger partial charge in [-0.25, -0.2) is 4.57 Å². The number of aryl methyl sites for hydroxylation is 1. The Hall–Kier alpha value is -1.09. The molecule has 4 heteroatoms. The third-order valence-corrected chi connectivity index (χ3v) is 8.62. The summed E-state index contributed by atoms with van der Waals surface area (Å²) in [5.74, 6) is 0. The molecule has 0 saturated heterocycles. The fourth-order valence-electron chi connectivity index (χ4n) is 5.90. The SMILES string of the molecule is CCCCCCCCCCCCCC[N+](C)(C)Cc1ccccc1.CCCCCCCCCCCC[n+]1ccccc1.[Cl-].[Cl-]. The van der Waals surface area contributed by atoms with Gasteiger partial charge in [-0.3, -0.25) is 0 Å². The predicted octanol–water partition coefficient (Wildman–Crippen LogP) is 5.87. The molecule has 0 aliphatic heterocycles. The van der Waals surface area contributed by atoms with Gasteiger partial charge in [0.05, 0.1) is 20.6 Å². The van der Waals surface area contributed by atoms with Crippen LogP contribution in [0.5, 0.6) is 0 Å². The third kappa shape index (κ3) is 29.6. The molecule has 1 aromatic heterocycles. The van der Waals surface area contributed by atoms with Crippen LogP contribution in [0.3, 0.4) is 0 Å². The zero-order valence-corrected chi connectivity index (χ0v) is 31.1. The van der Waals surface area contributed by atoms with Crippen molar-refractivity contribution in [2.75, 3.05) is 20.6 Å². The maximum atomic E-state index is 2.37. The molecule has 1 aromatic carbocycles. The van der Waals surface area contributed by atoms with E-state index in [2.05, 4.69) is 93.4 Å².